The molecule has 20 nitrogen and oxygen atoms in total. The van der Waals surface area contributed by atoms with Crippen LogP contribution in [0.1, 0.15) is 25.7 Å². The second-order valence-electron chi connectivity index (χ2n) is 8.59. The molecule has 0 aromatic heterocycles. The van der Waals surface area contributed by atoms with E-state index in [1.807, 2.05) is 0 Å². The van der Waals surface area contributed by atoms with Gasteiger partial charge in [-0.05, 0) is 0 Å². The average Bonchev–Trinajstić information content (AvgIpc) is 2.68. The Hall–Kier alpha value is -2.40. The van der Waals surface area contributed by atoms with E-state index in [4.69, 9.17) is 52.3 Å². The second kappa shape index (κ2) is 22.2. The van der Waals surface area contributed by atoms with Crippen LogP contribution in [-0.4, -0.2) is 208 Å². The molecule has 0 amide bonds. The quantitative estimate of drug-likeness (QED) is 0.0561. The zero-order chi connectivity index (χ0) is 31.8. The Morgan fingerprint density at radius 3 is 0.690 bits per heavy atom. The molecule has 0 rings (SSSR count). The van der Waals surface area contributed by atoms with Crippen molar-refractivity contribution in [3.05, 3.63) is 0 Å². The summed E-state index contributed by atoms with van der Waals surface area (Å²) in [4.78, 5) is 87.5. The van der Waals surface area contributed by atoms with E-state index in [-0.39, 0.29) is 72.2 Å². The molecule has 0 aliphatic heterocycles. The molecule has 0 spiro atoms. The minimum atomic E-state index is -2.22. The summed E-state index contributed by atoms with van der Waals surface area (Å²) in [5, 5.41) is 69.5. The molecule has 0 aliphatic carbocycles. The van der Waals surface area contributed by atoms with E-state index < -0.39 is 111 Å². The monoisotopic (exact) mass is 632 g/mol. The summed E-state index contributed by atoms with van der Waals surface area (Å²) in [5.41, 5.74) is 6.88. The van der Waals surface area contributed by atoms with Crippen LogP contribution in [0.3, 0.4) is 0 Å². The first-order valence-corrected chi connectivity index (χ1v) is 10.9. The molecular weight excluding hydrogens is 598 g/mol. The number of hydrogen-bond acceptors (Lipinski definition) is 12. The van der Waals surface area contributed by atoms with Gasteiger partial charge in [-0.15, -0.1) is 0 Å². The van der Waals surface area contributed by atoms with Gasteiger partial charge in [0.25, 0.3) is 0 Å². The van der Waals surface area contributed by atoms with Crippen molar-refractivity contribution >= 4 is 107 Å². The Morgan fingerprint density at radius 2 is 0.571 bits per heavy atom. The van der Waals surface area contributed by atoms with Crippen molar-refractivity contribution in [1.29, 1.82) is 0 Å². The maximum atomic E-state index is 10.8. The van der Waals surface area contributed by atoms with E-state index >= 15 is 0 Å². The second-order valence-corrected chi connectivity index (χ2v) is 8.59. The van der Waals surface area contributed by atoms with Crippen LogP contribution in [0.25, 0.3) is 0 Å². The van der Waals surface area contributed by atoms with Crippen molar-refractivity contribution in [1.82, 2.24) is 9.80 Å². The zero-order valence-electron chi connectivity index (χ0n) is 21.0. The third-order valence-corrected chi connectivity index (χ3v) is 5.03. The van der Waals surface area contributed by atoms with E-state index in [1.165, 1.54) is 0 Å². The molecule has 22 heteroatoms. The summed E-state index contributed by atoms with van der Waals surface area (Å²) in [6.07, 6.45) is -3.90. The van der Waals surface area contributed by atoms with Crippen molar-refractivity contribution in [2.24, 2.45) is 11.5 Å². The van der Waals surface area contributed by atoms with E-state index in [9.17, 15) is 38.4 Å². The van der Waals surface area contributed by atoms with Crippen LogP contribution in [0.2, 0.25) is 0 Å². The fourth-order valence-corrected chi connectivity index (χ4v) is 3.38. The molecule has 0 aromatic carbocycles. The van der Waals surface area contributed by atoms with Gasteiger partial charge in [-0.25, -0.2) is 0 Å². The van der Waals surface area contributed by atoms with Crippen LogP contribution in [0, 0.1) is 0 Å². The normalized spacial score (nSPS) is 10.8. The molecular formula is C20H34N4Na2O16. The van der Waals surface area contributed by atoms with Gasteiger partial charge in [0, 0.05) is 13.1 Å². The first-order chi connectivity index (χ1) is 18.1. The van der Waals surface area contributed by atoms with Crippen molar-refractivity contribution < 1.29 is 79.2 Å². The molecule has 0 unspecified atom stereocenters. The number of aliphatic carboxylic acids is 8. The molecule has 0 heterocycles. The minimum absolute atomic E-state index is 0. The van der Waals surface area contributed by atoms with Gasteiger partial charge in [-0.3, -0.25) is 48.2 Å². The Balaban J connectivity index is -0.000000328. The number of nitrogens with two attached hydrogens (primary N) is 2. The summed E-state index contributed by atoms with van der Waals surface area (Å²) < 4.78 is 0. The van der Waals surface area contributed by atoms with Gasteiger partial charge in [-0.1, -0.05) is 0 Å². The van der Waals surface area contributed by atoms with Gasteiger partial charge in [0.05, 0.1) is 62.9 Å². The first-order valence-electron chi connectivity index (χ1n) is 10.9. The summed E-state index contributed by atoms with van der Waals surface area (Å²) >= 11 is 0. The van der Waals surface area contributed by atoms with Crippen LogP contribution in [0.15, 0.2) is 0 Å². The molecule has 0 saturated carbocycles. The van der Waals surface area contributed by atoms with E-state index in [0.717, 1.165) is 9.80 Å². The average molecular weight is 632 g/mol. The molecule has 0 fully saturated rings. The third kappa shape index (κ3) is 22.2. The zero-order valence-corrected chi connectivity index (χ0v) is 21.0. The Labute approximate surface area is 281 Å². The maximum absolute atomic E-state index is 10.8. The predicted molar refractivity (Wildman–Crippen MR) is 141 cm³/mol. The number of hydrogen-bond donors (Lipinski definition) is 10. The molecule has 0 aliphatic rings. The van der Waals surface area contributed by atoms with E-state index in [0.29, 0.717) is 0 Å². The summed E-state index contributed by atoms with van der Waals surface area (Å²) in [7, 11) is 0. The third-order valence-electron chi connectivity index (χ3n) is 5.03. The number of carbonyl (C=O) groups is 8. The summed E-state index contributed by atoms with van der Waals surface area (Å²) in [6, 6.07) is 0. The Kier molecular flexibility index (Phi) is 24.6. The number of carboxylic acid groups (broad SMARTS) is 8. The van der Waals surface area contributed by atoms with Crippen molar-refractivity contribution in [3.8, 4) is 0 Å². The van der Waals surface area contributed by atoms with Crippen molar-refractivity contribution in [2.75, 3.05) is 39.3 Å². The SMILES string of the molecule is NC(CC(=O)O)(CC(=O)O)C(N)(CC(=O)O)CC(=O)O.O=C(O)CN(CCN(CC(=O)O)CC(=O)O)CC(=O)O.[NaH].[NaH]. The van der Waals surface area contributed by atoms with Gasteiger partial charge in [0.15, 0.2) is 0 Å². The topological polar surface area (TPSA) is 357 Å². The molecule has 0 radical (unpaired) electrons. The fourth-order valence-electron chi connectivity index (χ4n) is 3.38. The molecule has 0 bridgehead atoms. The van der Waals surface area contributed by atoms with Gasteiger partial charge in [0.1, 0.15) is 0 Å². The molecule has 42 heavy (non-hydrogen) atoms. The number of nitrogens with zero attached hydrogens (tertiary/aromatic N) is 2. The van der Waals surface area contributed by atoms with Crippen LogP contribution in [-0.2, 0) is 38.4 Å². The first kappa shape index (κ1) is 46.6. The molecule has 232 valence electrons. The molecule has 0 atom stereocenters. The van der Waals surface area contributed by atoms with Gasteiger partial charge < -0.3 is 52.3 Å². The molecule has 0 saturated heterocycles. The molecule has 12 N–H and O–H groups in total. The molecule has 0 aromatic rings. The van der Waals surface area contributed by atoms with Crippen LogP contribution in [0.4, 0.5) is 0 Å². The number of rotatable bonds is 20. The van der Waals surface area contributed by atoms with E-state index in [1.54, 1.807) is 0 Å². The standard InChI is InChI=1S/2C10H16N2O8.2Na.2H/c11-9(1-5(13)14,2-6(15)16)10(12,3-7(17)18)4-8(19)20;13-7(14)3-11(4-8(15)16)1-2-12(5-9(17)18)6-10(19)20;;;;/h1-4,11-12H2,(H,13,14)(H,15,16)(H,17,18)(H,19,20);1-6H2,(H,13,14)(H,15,16)(H,17,18)(H,19,20);;;;. The van der Waals surface area contributed by atoms with Crippen molar-refractivity contribution in [2.45, 2.75) is 36.8 Å². The van der Waals surface area contributed by atoms with E-state index in [2.05, 4.69) is 0 Å². The van der Waals surface area contributed by atoms with Gasteiger partial charge >= 0.3 is 107 Å². The summed E-state index contributed by atoms with van der Waals surface area (Å²) in [6.45, 7) is -2.25. The van der Waals surface area contributed by atoms with Crippen LogP contribution in [0.5, 0.6) is 0 Å². The van der Waals surface area contributed by atoms with Gasteiger partial charge in [-0.2, -0.15) is 0 Å². The number of carboxylic acids is 8. The van der Waals surface area contributed by atoms with Crippen LogP contribution >= 0.6 is 0 Å². The Bertz CT molecular complexity index is 840. The fraction of sp³-hybridized carbons (Fsp3) is 0.600. The van der Waals surface area contributed by atoms with Gasteiger partial charge in [0.2, 0.25) is 0 Å². The summed E-state index contributed by atoms with van der Waals surface area (Å²) in [5.74, 6) is -11.0. The Morgan fingerprint density at radius 1 is 0.405 bits per heavy atom. The predicted octanol–water partition coefficient (Wildman–Crippen LogP) is -5.09. The van der Waals surface area contributed by atoms with Crippen molar-refractivity contribution in [3.63, 3.8) is 0 Å². The van der Waals surface area contributed by atoms with Crippen LogP contribution < -0.4 is 11.5 Å².